The fraction of sp³-hybridized carbons (Fsp3) is 0.571. The minimum atomic E-state index is -0.177. The van der Waals surface area contributed by atoms with Crippen LogP contribution in [0.4, 0.5) is 4.39 Å². The van der Waals surface area contributed by atoms with Crippen molar-refractivity contribution in [2.75, 3.05) is 5.75 Å². The van der Waals surface area contributed by atoms with E-state index in [1.165, 1.54) is 6.07 Å². The van der Waals surface area contributed by atoms with E-state index >= 15 is 0 Å². The van der Waals surface area contributed by atoms with E-state index in [2.05, 4.69) is 20.8 Å². The largest absolute Gasteiger partial charge is 0.327 e. The number of rotatable bonds is 4. The molecule has 0 bridgehead atoms. The van der Waals surface area contributed by atoms with Gasteiger partial charge in [-0.05, 0) is 36.6 Å². The third-order valence-corrected chi connectivity index (χ3v) is 3.98. The standard InChI is InChI=1S/C14H22FNS/c1-10-7-12(15)6-5-11(10)8-13(16)9-17-14(2,3)4/h5-7,13H,8-9,16H2,1-4H3. The molecule has 0 saturated carbocycles. The van der Waals surface area contributed by atoms with Crippen molar-refractivity contribution >= 4 is 11.8 Å². The maximum absolute atomic E-state index is 13.0. The zero-order valence-corrected chi connectivity index (χ0v) is 11.9. The molecule has 0 radical (unpaired) electrons. The Morgan fingerprint density at radius 2 is 2.00 bits per heavy atom. The lowest BCUT2D eigenvalue weighted by atomic mass is 10.0. The number of hydrogen-bond acceptors (Lipinski definition) is 2. The summed E-state index contributed by atoms with van der Waals surface area (Å²) < 4.78 is 13.2. The van der Waals surface area contributed by atoms with Crippen molar-refractivity contribution in [3.05, 3.63) is 35.1 Å². The van der Waals surface area contributed by atoms with Gasteiger partial charge in [0.15, 0.2) is 0 Å². The molecule has 0 aliphatic rings. The van der Waals surface area contributed by atoms with Gasteiger partial charge in [-0.15, -0.1) is 0 Å². The van der Waals surface area contributed by atoms with Gasteiger partial charge in [0.05, 0.1) is 0 Å². The molecule has 0 spiro atoms. The second-order valence-electron chi connectivity index (χ2n) is 5.46. The van der Waals surface area contributed by atoms with Gasteiger partial charge in [0.25, 0.3) is 0 Å². The highest BCUT2D eigenvalue weighted by atomic mass is 32.2. The summed E-state index contributed by atoms with van der Waals surface area (Å²) >= 11 is 1.87. The van der Waals surface area contributed by atoms with Crippen LogP contribution >= 0.6 is 11.8 Å². The topological polar surface area (TPSA) is 26.0 Å². The number of halogens is 1. The molecule has 1 unspecified atom stereocenters. The number of thioether (sulfide) groups is 1. The van der Waals surface area contributed by atoms with E-state index in [-0.39, 0.29) is 16.6 Å². The van der Waals surface area contributed by atoms with Gasteiger partial charge in [-0.2, -0.15) is 11.8 Å². The van der Waals surface area contributed by atoms with Crippen LogP contribution in [0.1, 0.15) is 31.9 Å². The first-order valence-electron chi connectivity index (χ1n) is 5.92. The molecular weight excluding hydrogens is 233 g/mol. The predicted molar refractivity (Wildman–Crippen MR) is 75.0 cm³/mol. The van der Waals surface area contributed by atoms with Crippen LogP contribution in [0, 0.1) is 12.7 Å². The molecule has 1 aromatic rings. The second kappa shape index (κ2) is 5.87. The van der Waals surface area contributed by atoms with Crippen LogP contribution < -0.4 is 5.73 Å². The van der Waals surface area contributed by atoms with Gasteiger partial charge in [-0.1, -0.05) is 26.8 Å². The quantitative estimate of drug-likeness (QED) is 0.890. The van der Waals surface area contributed by atoms with Crippen molar-refractivity contribution in [2.24, 2.45) is 5.73 Å². The van der Waals surface area contributed by atoms with E-state index in [0.717, 1.165) is 23.3 Å². The van der Waals surface area contributed by atoms with Crippen LogP contribution in [0.25, 0.3) is 0 Å². The van der Waals surface area contributed by atoms with Gasteiger partial charge >= 0.3 is 0 Å². The fourth-order valence-electron chi connectivity index (χ4n) is 1.59. The average Bonchev–Trinajstić information content (AvgIpc) is 2.18. The summed E-state index contributed by atoms with van der Waals surface area (Å²) in [6.07, 6.45) is 0.815. The average molecular weight is 255 g/mol. The number of benzene rings is 1. The summed E-state index contributed by atoms with van der Waals surface area (Å²) in [6.45, 7) is 8.50. The Kier molecular flexibility index (Phi) is 5.02. The molecule has 1 nitrogen and oxygen atoms in total. The van der Waals surface area contributed by atoms with Crippen molar-refractivity contribution in [1.29, 1.82) is 0 Å². The smallest absolute Gasteiger partial charge is 0.123 e. The van der Waals surface area contributed by atoms with Crippen molar-refractivity contribution in [1.82, 2.24) is 0 Å². The molecule has 0 fully saturated rings. The molecule has 0 saturated heterocycles. The second-order valence-corrected chi connectivity index (χ2v) is 7.31. The molecule has 1 aromatic carbocycles. The Bertz CT molecular complexity index is 371. The van der Waals surface area contributed by atoms with Crippen LogP contribution in [0.3, 0.4) is 0 Å². The molecule has 0 heterocycles. The number of nitrogens with two attached hydrogens (primary N) is 1. The van der Waals surface area contributed by atoms with Crippen LogP contribution in [-0.4, -0.2) is 16.5 Å². The molecule has 3 heteroatoms. The van der Waals surface area contributed by atoms with Crippen LogP contribution in [0.15, 0.2) is 18.2 Å². The number of aryl methyl sites for hydroxylation is 1. The lowest BCUT2D eigenvalue weighted by Crippen LogP contribution is -2.28. The third-order valence-electron chi connectivity index (χ3n) is 2.52. The molecule has 0 aliphatic carbocycles. The molecule has 17 heavy (non-hydrogen) atoms. The van der Waals surface area contributed by atoms with Gasteiger partial charge in [-0.3, -0.25) is 0 Å². The van der Waals surface area contributed by atoms with E-state index in [4.69, 9.17) is 5.73 Å². The minimum absolute atomic E-state index is 0.128. The normalized spacial score (nSPS) is 13.8. The first-order chi connectivity index (χ1) is 7.78. The van der Waals surface area contributed by atoms with Gasteiger partial charge in [-0.25, -0.2) is 4.39 Å². The van der Waals surface area contributed by atoms with E-state index in [9.17, 15) is 4.39 Å². The van der Waals surface area contributed by atoms with Gasteiger partial charge in [0.1, 0.15) is 5.82 Å². The number of hydrogen-bond donors (Lipinski definition) is 1. The van der Waals surface area contributed by atoms with Gasteiger partial charge in [0, 0.05) is 16.5 Å². The third kappa shape index (κ3) is 5.55. The highest BCUT2D eigenvalue weighted by Gasteiger charge is 2.14. The zero-order valence-electron chi connectivity index (χ0n) is 11.1. The summed E-state index contributed by atoms with van der Waals surface area (Å²) in [5.74, 6) is 0.754. The van der Waals surface area contributed by atoms with Crippen LogP contribution in [0.2, 0.25) is 0 Å². The molecular formula is C14H22FNS. The summed E-state index contributed by atoms with van der Waals surface area (Å²) in [6, 6.07) is 5.04. The Morgan fingerprint density at radius 1 is 1.35 bits per heavy atom. The van der Waals surface area contributed by atoms with Crippen LogP contribution in [-0.2, 0) is 6.42 Å². The summed E-state index contributed by atoms with van der Waals surface area (Å²) in [7, 11) is 0. The summed E-state index contributed by atoms with van der Waals surface area (Å²) in [5, 5.41) is 0. The summed E-state index contributed by atoms with van der Waals surface area (Å²) in [4.78, 5) is 0. The minimum Gasteiger partial charge on any atom is -0.327 e. The highest BCUT2D eigenvalue weighted by molar-refractivity contribution is 8.00. The first kappa shape index (κ1) is 14.5. The zero-order chi connectivity index (χ0) is 13.1. The Hall–Kier alpha value is -0.540. The van der Waals surface area contributed by atoms with Crippen molar-refractivity contribution < 1.29 is 4.39 Å². The van der Waals surface area contributed by atoms with E-state index in [0.29, 0.717) is 0 Å². The van der Waals surface area contributed by atoms with Crippen LogP contribution in [0.5, 0.6) is 0 Å². The lowest BCUT2D eigenvalue weighted by Gasteiger charge is -2.21. The molecule has 0 aliphatic heterocycles. The van der Waals surface area contributed by atoms with Gasteiger partial charge in [0.2, 0.25) is 0 Å². The SMILES string of the molecule is Cc1cc(F)ccc1CC(N)CSC(C)(C)C. The molecule has 96 valence electrons. The Balaban J connectivity index is 2.53. The molecule has 0 aromatic heterocycles. The van der Waals surface area contributed by atoms with Crippen molar-refractivity contribution in [2.45, 2.75) is 44.9 Å². The van der Waals surface area contributed by atoms with Crippen molar-refractivity contribution in [3.8, 4) is 0 Å². The lowest BCUT2D eigenvalue weighted by molar-refractivity contribution is 0.624. The van der Waals surface area contributed by atoms with E-state index < -0.39 is 0 Å². The van der Waals surface area contributed by atoms with Gasteiger partial charge < -0.3 is 5.73 Å². The molecule has 0 amide bonds. The van der Waals surface area contributed by atoms with E-state index in [1.807, 2.05) is 24.8 Å². The maximum Gasteiger partial charge on any atom is 0.123 e. The van der Waals surface area contributed by atoms with E-state index in [1.54, 1.807) is 6.07 Å². The molecule has 1 atom stereocenters. The highest BCUT2D eigenvalue weighted by Crippen LogP contribution is 2.24. The Labute approximate surface area is 108 Å². The Morgan fingerprint density at radius 3 is 2.53 bits per heavy atom. The molecule has 1 rings (SSSR count). The molecule has 2 N–H and O–H groups in total. The monoisotopic (exact) mass is 255 g/mol. The fourth-order valence-corrected chi connectivity index (χ4v) is 2.42. The maximum atomic E-state index is 13.0. The predicted octanol–water partition coefficient (Wildman–Crippen LogP) is 3.54. The first-order valence-corrected chi connectivity index (χ1v) is 6.91. The van der Waals surface area contributed by atoms with Crippen molar-refractivity contribution in [3.63, 3.8) is 0 Å². The summed E-state index contributed by atoms with van der Waals surface area (Å²) in [5.41, 5.74) is 8.24.